The van der Waals surface area contributed by atoms with Gasteiger partial charge in [0.05, 0.1) is 0 Å². The predicted molar refractivity (Wildman–Crippen MR) is 7.73 cm³/mol. The minimum absolute atomic E-state index is 0. The Bertz CT molecular complexity index is 176. The van der Waals surface area contributed by atoms with Crippen LogP contribution in [-0.2, 0) is 21.8 Å². The van der Waals surface area contributed by atoms with E-state index in [1.54, 1.807) is 0 Å². The van der Waals surface area contributed by atoms with Crippen LogP contribution in [0.1, 0.15) is 0 Å². The summed E-state index contributed by atoms with van der Waals surface area (Å²) >= 11 is -8.17. The van der Waals surface area contributed by atoms with Crippen LogP contribution in [0.5, 0.6) is 0 Å². The van der Waals surface area contributed by atoms with Crippen molar-refractivity contribution in [1.29, 1.82) is 0 Å². The van der Waals surface area contributed by atoms with E-state index < -0.39 is 30.5 Å². The van der Waals surface area contributed by atoms with Crippen molar-refractivity contribution in [2.45, 2.75) is 0 Å². The van der Waals surface area contributed by atoms with Crippen molar-refractivity contribution in [1.82, 2.24) is 0 Å². The summed E-state index contributed by atoms with van der Waals surface area (Å²) < 4.78 is 51.5. The van der Waals surface area contributed by atoms with Gasteiger partial charge in [-0.15, -0.1) is 0 Å². The molecule has 0 aliphatic heterocycles. The van der Waals surface area contributed by atoms with Crippen LogP contribution in [-0.4, -0.2) is 5.48 Å². The average Bonchev–Trinajstić information content (AvgIpc) is 1.25. The van der Waals surface area contributed by atoms with Crippen LogP contribution in [0.2, 0.25) is 0 Å². The van der Waals surface area contributed by atoms with Gasteiger partial charge in [0.1, 0.15) is 0 Å². The standard InChI is InChI=1S/2Li.H2O.6O/h;;1H2;;;;;;/q2*+1;;;;;;;. The van der Waals surface area contributed by atoms with Crippen molar-refractivity contribution < 1.29 is 57.8 Å². The molecule has 9 heteroatoms. The number of hydrogen-bond acceptors (Lipinski definition) is 6. The molecule has 0 aliphatic carbocycles. The van der Waals surface area contributed by atoms with Gasteiger partial charge in [0, 0.05) is 0 Å². The zero-order chi connectivity index (χ0) is 7.15. The van der Waals surface area contributed by atoms with Gasteiger partial charge in [-0.2, -0.15) is 0 Å². The van der Waals surface area contributed by atoms with Crippen LogP contribution in [0, 0.1) is 0 Å². The van der Waals surface area contributed by atoms with Crippen LogP contribution < -0.4 is 30.5 Å². The van der Waals surface area contributed by atoms with Gasteiger partial charge in [-0.25, -0.2) is 0 Å². The molecule has 0 saturated carbocycles. The molecule has 0 amide bonds. The second kappa shape index (κ2) is 10.9. The van der Waals surface area contributed by atoms with E-state index in [1.807, 2.05) is 0 Å². The van der Waals surface area contributed by atoms with E-state index in [9.17, 15) is 0 Å². The Morgan fingerprint density at radius 2 is 0.556 bits per heavy atom. The summed E-state index contributed by atoms with van der Waals surface area (Å²) in [7, 11) is 0. The Kier molecular flexibility index (Phi) is 19.3. The van der Waals surface area contributed by atoms with Crippen LogP contribution in [0.15, 0.2) is 0 Å². The van der Waals surface area contributed by atoms with Crippen molar-refractivity contribution >= 4 is 0 Å². The van der Waals surface area contributed by atoms with E-state index >= 15 is 0 Å². The Labute approximate surface area is 58.1 Å². The Balaban J connectivity index is -0.0000000720. The first kappa shape index (κ1) is 16.0. The Morgan fingerprint density at radius 3 is 0.556 bits per heavy atom. The van der Waals surface area contributed by atoms with Crippen LogP contribution in [0.3, 0.4) is 0 Å². The predicted octanol–water partition coefficient (Wildman–Crippen LogP) is -7.53. The molecule has 0 heterocycles. The van der Waals surface area contributed by atoms with E-state index in [4.69, 9.17) is 21.8 Å². The second-order valence-electron chi connectivity index (χ2n) is 1.00. The summed E-state index contributed by atoms with van der Waals surface area (Å²) in [4.78, 5) is 0. The second-order valence-corrected chi connectivity index (χ2v) is 1.00. The summed E-state index contributed by atoms with van der Waals surface area (Å²) in [6, 6.07) is 0. The average molecular weight is 128 g/mol. The molecule has 0 aromatic heterocycles. The van der Waals surface area contributed by atoms with Crippen LogP contribution in [0.25, 0.3) is 0 Å². The summed E-state index contributed by atoms with van der Waals surface area (Å²) in [6.45, 7) is 0. The molecule has 0 atom stereocenters. The fourth-order valence-electron chi connectivity index (χ4n) is 0. The van der Waals surface area contributed by atoms with Crippen LogP contribution >= 0.6 is 0 Å². The molecule has 0 unspecified atom stereocenters. The fraction of sp³-hybridized carbons (Fsp3) is 0. The molecular weight excluding hydrogens is 126 g/mol. The molecule has 7 nitrogen and oxygen atoms in total. The van der Waals surface area contributed by atoms with Gasteiger partial charge < -0.3 is 5.48 Å². The van der Waals surface area contributed by atoms with Gasteiger partial charge >= 0.3 is 52.4 Å². The molecule has 0 rings (SSSR count). The SMILES string of the molecule is O.[O]=[Li+](=[O])=[O].[O]=[Li+](=[O])=[O]. The molecule has 0 aromatic carbocycles. The van der Waals surface area contributed by atoms with Crippen molar-refractivity contribution in [2.75, 3.05) is 0 Å². The zero-order valence-corrected chi connectivity index (χ0v) is 4.95. The molecule has 2 N–H and O–H groups in total. The van der Waals surface area contributed by atoms with Gasteiger partial charge in [0.15, 0.2) is 0 Å². The van der Waals surface area contributed by atoms with Crippen molar-refractivity contribution in [3.63, 3.8) is 0 Å². The first-order valence-corrected chi connectivity index (χ1v) is 2.45. The van der Waals surface area contributed by atoms with Crippen molar-refractivity contribution in [2.24, 2.45) is 0 Å². The maximum atomic E-state index is 8.58. The maximum absolute atomic E-state index is 8.58. The summed E-state index contributed by atoms with van der Waals surface area (Å²) in [5.74, 6) is 0. The van der Waals surface area contributed by atoms with Gasteiger partial charge in [-0.05, 0) is 0 Å². The van der Waals surface area contributed by atoms with Gasteiger partial charge in [-0.3, -0.25) is 0 Å². The molecular formula is H2Li2O7+2. The molecule has 0 aromatic rings. The number of rotatable bonds is 0. The van der Waals surface area contributed by atoms with E-state index in [1.165, 1.54) is 0 Å². The Hall–Kier alpha value is -0.0452. The van der Waals surface area contributed by atoms with E-state index in [2.05, 4.69) is 0 Å². The topological polar surface area (TPSA) is 134 Å². The van der Waals surface area contributed by atoms with Gasteiger partial charge in [0.25, 0.3) is 0 Å². The van der Waals surface area contributed by atoms with Crippen molar-refractivity contribution in [3.05, 3.63) is 0 Å². The van der Waals surface area contributed by atoms with Gasteiger partial charge in [-0.1, -0.05) is 0 Å². The summed E-state index contributed by atoms with van der Waals surface area (Å²) in [6.07, 6.45) is 0. The molecule has 44 valence electrons. The van der Waals surface area contributed by atoms with Crippen LogP contribution in [0.4, 0.5) is 0 Å². The first-order valence-electron chi connectivity index (χ1n) is 2.45. The van der Waals surface area contributed by atoms with E-state index in [-0.39, 0.29) is 5.48 Å². The minimum atomic E-state index is -4.08. The normalized spacial score (nSPS) is 9.33. The van der Waals surface area contributed by atoms with E-state index in [0.29, 0.717) is 0 Å². The van der Waals surface area contributed by atoms with Gasteiger partial charge in [0.2, 0.25) is 0 Å². The monoisotopic (exact) mass is 128 g/mol. The summed E-state index contributed by atoms with van der Waals surface area (Å²) in [5.41, 5.74) is 0. The molecule has 0 saturated heterocycles. The van der Waals surface area contributed by atoms with E-state index in [0.717, 1.165) is 0 Å². The molecule has 0 spiro atoms. The zero-order valence-electron chi connectivity index (χ0n) is 4.95. The molecule has 0 aliphatic rings. The molecule has 0 fully saturated rings. The van der Waals surface area contributed by atoms with Crippen molar-refractivity contribution in [3.8, 4) is 0 Å². The first-order chi connectivity index (χ1) is 3.46. The third-order valence-electron chi connectivity index (χ3n) is 0. The molecule has 4 radical (unpaired) electrons. The molecule has 0 bridgehead atoms. The summed E-state index contributed by atoms with van der Waals surface area (Å²) in [5, 5.41) is 0. The number of hydrogen-bond donors (Lipinski definition) is 0. The molecule has 9 heavy (non-hydrogen) atoms. The third kappa shape index (κ3) is 138000. The Morgan fingerprint density at radius 1 is 0.556 bits per heavy atom. The quantitative estimate of drug-likeness (QED) is 0.297. The fourth-order valence-corrected chi connectivity index (χ4v) is 0. The third-order valence-corrected chi connectivity index (χ3v) is 0.